The number of hydrogen-bond donors (Lipinski definition) is 1. The molecule has 0 radical (unpaired) electrons. The summed E-state index contributed by atoms with van der Waals surface area (Å²) in [6, 6.07) is 4.70. The molecule has 0 spiro atoms. The topological polar surface area (TPSA) is 42.1 Å². The number of hydrogen-bond acceptors (Lipinski definition) is 2. The van der Waals surface area contributed by atoms with Gasteiger partial charge in [-0.25, -0.2) is 0 Å². The number of fused-ring (bicyclic) bond motifs is 1. The predicted octanol–water partition coefficient (Wildman–Crippen LogP) is 2.92. The van der Waals surface area contributed by atoms with Crippen molar-refractivity contribution in [1.82, 2.24) is 4.98 Å². The van der Waals surface area contributed by atoms with Crippen LogP contribution in [0.1, 0.15) is 10.4 Å². The Labute approximate surface area is 94.2 Å². The highest BCUT2D eigenvalue weighted by Crippen LogP contribution is 2.32. The Morgan fingerprint density at radius 3 is 2.65 bits per heavy atom. The number of ether oxygens (including phenoxy) is 1. The molecule has 0 amide bonds. The van der Waals surface area contributed by atoms with Gasteiger partial charge >= 0.3 is 6.18 Å². The number of alkyl halides is 3. The van der Waals surface area contributed by atoms with Crippen LogP contribution in [-0.4, -0.2) is 24.1 Å². The number of methoxy groups -OCH3 is 1. The summed E-state index contributed by atoms with van der Waals surface area (Å²) in [4.78, 5) is 13.8. The maximum absolute atomic E-state index is 12.4. The average Bonchev–Trinajstić information content (AvgIpc) is 2.70. The summed E-state index contributed by atoms with van der Waals surface area (Å²) < 4.78 is 42.1. The molecular formula is C11H8F3NO2. The van der Waals surface area contributed by atoms with Crippen molar-refractivity contribution in [1.29, 1.82) is 0 Å². The molecule has 0 saturated carbocycles. The SMILES string of the molecule is COc1cccc2[nH]cc(C(=O)C(F)(F)F)c12. The number of nitrogens with one attached hydrogen (secondary N) is 1. The summed E-state index contributed by atoms with van der Waals surface area (Å²) >= 11 is 0. The molecule has 0 fully saturated rings. The number of rotatable bonds is 2. The van der Waals surface area contributed by atoms with Crippen molar-refractivity contribution in [3.8, 4) is 5.75 Å². The molecule has 1 N–H and O–H groups in total. The summed E-state index contributed by atoms with van der Waals surface area (Å²) in [5, 5.41) is 0.150. The van der Waals surface area contributed by atoms with Crippen molar-refractivity contribution in [3.63, 3.8) is 0 Å². The summed E-state index contributed by atoms with van der Waals surface area (Å²) in [7, 11) is 1.34. The van der Waals surface area contributed by atoms with E-state index in [-0.39, 0.29) is 11.1 Å². The predicted molar refractivity (Wildman–Crippen MR) is 55.2 cm³/mol. The first kappa shape index (κ1) is 11.5. The summed E-state index contributed by atoms with van der Waals surface area (Å²) in [5.74, 6) is -1.65. The zero-order valence-corrected chi connectivity index (χ0v) is 8.76. The van der Waals surface area contributed by atoms with E-state index in [2.05, 4.69) is 4.98 Å². The minimum absolute atomic E-state index is 0.150. The number of aromatic nitrogens is 1. The van der Waals surface area contributed by atoms with Gasteiger partial charge in [0, 0.05) is 11.7 Å². The molecule has 1 heterocycles. The molecule has 1 aromatic heterocycles. The smallest absolute Gasteiger partial charge is 0.454 e. The second kappa shape index (κ2) is 3.80. The van der Waals surface area contributed by atoms with Gasteiger partial charge in [-0.1, -0.05) is 6.07 Å². The van der Waals surface area contributed by atoms with E-state index in [1.807, 2.05) is 0 Å². The third-order valence-corrected chi connectivity index (χ3v) is 2.39. The highest BCUT2D eigenvalue weighted by Gasteiger charge is 2.40. The Morgan fingerprint density at radius 1 is 1.35 bits per heavy atom. The summed E-state index contributed by atoms with van der Waals surface area (Å²) in [5.41, 5.74) is 0.00176. The molecule has 90 valence electrons. The van der Waals surface area contributed by atoms with Crippen LogP contribution in [0.5, 0.6) is 5.75 Å². The molecule has 2 rings (SSSR count). The lowest BCUT2D eigenvalue weighted by Crippen LogP contribution is -2.22. The fraction of sp³-hybridized carbons (Fsp3) is 0.182. The van der Waals surface area contributed by atoms with Crippen LogP contribution in [0, 0.1) is 0 Å². The van der Waals surface area contributed by atoms with Gasteiger partial charge in [0.1, 0.15) is 5.75 Å². The van der Waals surface area contributed by atoms with Crippen LogP contribution in [0.15, 0.2) is 24.4 Å². The third-order valence-electron chi connectivity index (χ3n) is 2.39. The highest BCUT2D eigenvalue weighted by molar-refractivity contribution is 6.12. The van der Waals surface area contributed by atoms with Gasteiger partial charge in [-0.3, -0.25) is 4.79 Å². The minimum atomic E-state index is -4.89. The van der Waals surface area contributed by atoms with Gasteiger partial charge in [0.15, 0.2) is 0 Å². The molecule has 0 atom stereocenters. The quantitative estimate of drug-likeness (QED) is 0.824. The Hall–Kier alpha value is -1.98. The van der Waals surface area contributed by atoms with Gasteiger partial charge < -0.3 is 9.72 Å². The van der Waals surface area contributed by atoms with Gasteiger partial charge in [-0.15, -0.1) is 0 Å². The number of carbonyl (C=O) groups is 1. The van der Waals surface area contributed by atoms with Crippen molar-refractivity contribution >= 4 is 16.7 Å². The fourth-order valence-electron chi connectivity index (χ4n) is 1.65. The standard InChI is InChI=1S/C11H8F3NO2/c1-17-8-4-2-3-7-9(8)6(5-15-7)10(16)11(12,13)14/h2-5,15H,1H3. The Bertz CT molecular complexity index is 572. The van der Waals surface area contributed by atoms with E-state index in [1.165, 1.54) is 13.2 Å². The number of ketones is 1. The minimum Gasteiger partial charge on any atom is -0.496 e. The van der Waals surface area contributed by atoms with Crippen molar-refractivity contribution < 1.29 is 22.7 Å². The molecule has 0 aliphatic rings. The lowest BCUT2D eigenvalue weighted by Gasteiger charge is -2.06. The zero-order chi connectivity index (χ0) is 12.6. The molecule has 0 saturated heterocycles. The van der Waals surface area contributed by atoms with Gasteiger partial charge in [-0.05, 0) is 12.1 Å². The highest BCUT2D eigenvalue weighted by atomic mass is 19.4. The number of halogens is 3. The van der Waals surface area contributed by atoms with Crippen molar-refractivity contribution in [2.45, 2.75) is 6.18 Å². The molecule has 6 heteroatoms. The Kier molecular flexibility index (Phi) is 2.57. The Balaban J connectivity index is 2.67. The summed E-state index contributed by atoms with van der Waals surface area (Å²) in [6.07, 6.45) is -3.85. The van der Waals surface area contributed by atoms with E-state index in [4.69, 9.17) is 4.74 Å². The van der Waals surface area contributed by atoms with E-state index in [0.29, 0.717) is 5.52 Å². The molecule has 2 aromatic rings. The second-order valence-electron chi connectivity index (χ2n) is 3.41. The van der Waals surface area contributed by atoms with E-state index in [1.54, 1.807) is 12.1 Å². The van der Waals surface area contributed by atoms with E-state index >= 15 is 0 Å². The van der Waals surface area contributed by atoms with Crippen LogP contribution < -0.4 is 4.74 Å². The summed E-state index contributed by atoms with van der Waals surface area (Å²) in [6.45, 7) is 0. The van der Waals surface area contributed by atoms with Crippen molar-refractivity contribution in [3.05, 3.63) is 30.0 Å². The monoisotopic (exact) mass is 243 g/mol. The first-order valence-electron chi connectivity index (χ1n) is 4.70. The number of aromatic amines is 1. The normalized spacial score (nSPS) is 11.8. The van der Waals surface area contributed by atoms with E-state index < -0.39 is 17.5 Å². The van der Waals surface area contributed by atoms with Crippen LogP contribution in [0.2, 0.25) is 0 Å². The maximum atomic E-state index is 12.4. The second-order valence-corrected chi connectivity index (χ2v) is 3.41. The molecule has 0 bridgehead atoms. The van der Waals surface area contributed by atoms with Crippen LogP contribution in [-0.2, 0) is 0 Å². The lowest BCUT2D eigenvalue weighted by molar-refractivity contribution is -0.0884. The lowest BCUT2D eigenvalue weighted by atomic mass is 10.1. The van der Waals surface area contributed by atoms with Gasteiger partial charge in [0.2, 0.25) is 0 Å². The van der Waals surface area contributed by atoms with E-state index in [9.17, 15) is 18.0 Å². The molecule has 0 aliphatic carbocycles. The number of H-pyrrole nitrogens is 1. The van der Waals surface area contributed by atoms with Crippen molar-refractivity contribution in [2.75, 3.05) is 7.11 Å². The zero-order valence-electron chi connectivity index (χ0n) is 8.76. The molecule has 1 aromatic carbocycles. The fourth-order valence-corrected chi connectivity index (χ4v) is 1.65. The Morgan fingerprint density at radius 2 is 2.06 bits per heavy atom. The van der Waals surface area contributed by atoms with Gasteiger partial charge in [0.05, 0.1) is 18.1 Å². The molecule has 3 nitrogen and oxygen atoms in total. The first-order valence-corrected chi connectivity index (χ1v) is 4.70. The van der Waals surface area contributed by atoms with Crippen LogP contribution in [0.3, 0.4) is 0 Å². The number of Topliss-reactive ketones (excluding diaryl/α,β-unsaturated/α-hetero) is 1. The molecular weight excluding hydrogens is 235 g/mol. The molecule has 0 unspecified atom stereocenters. The van der Waals surface area contributed by atoms with Gasteiger partial charge in [-0.2, -0.15) is 13.2 Å². The van der Waals surface area contributed by atoms with E-state index in [0.717, 1.165) is 6.20 Å². The number of benzene rings is 1. The van der Waals surface area contributed by atoms with Crippen LogP contribution in [0.25, 0.3) is 10.9 Å². The maximum Gasteiger partial charge on any atom is 0.454 e. The first-order chi connectivity index (χ1) is 7.95. The largest absolute Gasteiger partial charge is 0.496 e. The van der Waals surface area contributed by atoms with Gasteiger partial charge in [0.25, 0.3) is 5.78 Å². The molecule has 0 aliphatic heterocycles. The van der Waals surface area contributed by atoms with Crippen LogP contribution in [0.4, 0.5) is 13.2 Å². The molecule has 17 heavy (non-hydrogen) atoms. The van der Waals surface area contributed by atoms with Crippen LogP contribution >= 0.6 is 0 Å². The van der Waals surface area contributed by atoms with Crippen molar-refractivity contribution in [2.24, 2.45) is 0 Å². The third kappa shape index (κ3) is 1.86. The average molecular weight is 243 g/mol. The number of carbonyl (C=O) groups excluding carboxylic acids is 1.